The average molecular weight is 408 g/mol. The first-order chi connectivity index (χ1) is 11.0. The monoisotopic (exact) mass is 406 g/mol. The Balaban J connectivity index is 0.00000208. The predicted octanol–water partition coefficient (Wildman–Crippen LogP) is -0.782. The third kappa shape index (κ3) is 4.04. The number of hydrogen-bond donors (Lipinski definition) is 1. The van der Waals surface area contributed by atoms with Crippen LogP contribution >= 0.6 is 23.2 Å². The molecule has 130 valence electrons. The Morgan fingerprint density at radius 2 is 1.50 bits per heavy atom. The number of halogens is 3. The Hall–Kier alpha value is -0.820. The van der Waals surface area contributed by atoms with Crippen LogP contribution in [0.15, 0.2) is 53.4 Å². The molecule has 4 nitrogen and oxygen atoms in total. The minimum absolute atomic E-state index is 0. The van der Waals surface area contributed by atoms with E-state index in [1.165, 1.54) is 9.21 Å². The maximum Gasteiger partial charge on any atom is 0.243 e. The number of benzene rings is 2. The molecule has 0 spiro atoms. The van der Waals surface area contributed by atoms with Gasteiger partial charge in [0, 0.05) is 11.1 Å². The molecule has 0 unspecified atom stereocenters. The molecule has 2 aromatic carbocycles. The van der Waals surface area contributed by atoms with E-state index in [1.807, 2.05) is 24.3 Å². The Morgan fingerprint density at radius 1 is 0.917 bits per heavy atom. The Labute approximate surface area is 158 Å². The molecule has 1 fully saturated rings. The lowest BCUT2D eigenvalue weighted by Gasteiger charge is -2.31. The summed E-state index contributed by atoms with van der Waals surface area (Å²) in [5.41, 5.74) is 1.03. The molecule has 0 radical (unpaired) electrons. The minimum Gasteiger partial charge on any atom is -1.00 e. The third-order valence-electron chi connectivity index (χ3n) is 4.03. The van der Waals surface area contributed by atoms with Gasteiger partial charge in [-0.2, -0.15) is 4.31 Å². The second-order valence-electron chi connectivity index (χ2n) is 5.44. The molecule has 0 aliphatic carbocycles. The van der Waals surface area contributed by atoms with E-state index in [0.717, 1.165) is 10.7 Å². The van der Waals surface area contributed by atoms with E-state index >= 15 is 0 Å². The van der Waals surface area contributed by atoms with E-state index in [1.54, 1.807) is 24.3 Å². The summed E-state index contributed by atoms with van der Waals surface area (Å²) in [7, 11) is -3.47. The van der Waals surface area contributed by atoms with Crippen molar-refractivity contribution in [1.29, 1.82) is 0 Å². The first-order valence-corrected chi connectivity index (χ1v) is 9.53. The highest BCUT2D eigenvalue weighted by molar-refractivity contribution is 7.89. The van der Waals surface area contributed by atoms with Crippen molar-refractivity contribution in [1.82, 2.24) is 4.31 Å². The van der Waals surface area contributed by atoms with Crippen LogP contribution < -0.4 is 17.3 Å². The molecule has 0 saturated carbocycles. The van der Waals surface area contributed by atoms with Crippen molar-refractivity contribution in [2.24, 2.45) is 0 Å². The van der Waals surface area contributed by atoms with Gasteiger partial charge in [0.2, 0.25) is 10.0 Å². The van der Waals surface area contributed by atoms with E-state index < -0.39 is 10.0 Å². The lowest BCUT2D eigenvalue weighted by Crippen LogP contribution is -3.10. The van der Waals surface area contributed by atoms with Gasteiger partial charge in [0.05, 0.1) is 31.1 Å². The normalized spacial score (nSPS) is 16.6. The van der Waals surface area contributed by atoms with Crippen LogP contribution in [0.1, 0.15) is 0 Å². The number of para-hydroxylation sites is 1. The second kappa shape index (κ2) is 8.04. The van der Waals surface area contributed by atoms with E-state index in [4.69, 9.17) is 23.2 Å². The molecule has 3 rings (SSSR count). The largest absolute Gasteiger partial charge is 1.00 e. The third-order valence-corrected chi connectivity index (χ3v) is 6.53. The van der Waals surface area contributed by atoms with Crippen molar-refractivity contribution >= 4 is 38.9 Å². The molecular weight excluding hydrogens is 391 g/mol. The number of quaternary nitrogens is 1. The lowest BCUT2D eigenvalue weighted by molar-refractivity contribution is -0.837. The quantitative estimate of drug-likeness (QED) is 0.725. The summed E-state index contributed by atoms with van der Waals surface area (Å²) in [6.45, 7) is 2.31. The van der Waals surface area contributed by atoms with Crippen LogP contribution in [0.4, 0.5) is 5.69 Å². The molecule has 2 aromatic rings. The summed E-state index contributed by atoms with van der Waals surface area (Å²) in [4.78, 5) is 1.49. The van der Waals surface area contributed by atoms with Crippen LogP contribution in [0.2, 0.25) is 10.0 Å². The van der Waals surface area contributed by atoms with E-state index in [0.29, 0.717) is 31.2 Å². The fraction of sp³-hybridized carbons (Fsp3) is 0.250. The zero-order chi connectivity index (χ0) is 16.4. The molecule has 0 amide bonds. The van der Waals surface area contributed by atoms with Gasteiger partial charge in [0.15, 0.2) is 0 Å². The van der Waals surface area contributed by atoms with Crippen LogP contribution in [0, 0.1) is 0 Å². The van der Waals surface area contributed by atoms with Gasteiger partial charge in [-0.1, -0.05) is 35.3 Å². The molecular formula is C16H17Cl3N2O2S. The first-order valence-electron chi connectivity index (χ1n) is 7.34. The van der Waals surface area contributed by atoms with Crippen molar-refractivity contribution in [3.63, 3.8) is 0 Å². The molecule has 24 heavy (non-hydrogen) atoms. The number of hydrogen-bond acceptors (Lipinski definition) is 2. The highest BCUT2D eigenvalue weighted by atomic mass is 35.5. The summed E-state index contributed by atoms with van der Waals surface area (Å²) < 4.78 is 26.8. The van der Waals surface area contributed by atoms with Crippen molar-refractivity contribution in [3.8, 4) is 0 Å². The van der Waals surface area contributed by atoms with E-state index in [2.05, 4.69) is 0 Å². The average Bonchev–Trinajstić information content (AvgIpc) is 2.56. The Bertz CT molecular complexity index is 789. The second-order valence-corrected chi connectivity index (χ2v) is 8.22. The van der Waals surface area contributed by atoms with E-state index in [9.17, 15) is 8.42 Å². The molecule has 1 aliphatic rings. The summed E-state index contributed by atoms with van der Waals surface area (Å²) in [6, 6.07) is 14.0. The van der Waals surface area contributed by atoms with Gasteiger partial charge >= 0.3 is 0 Å². The molecule has 1 heterocycles. The summed E-state index contributed by atoms with van der Waals surface area (Å²) in [6.07, 6.45) is 0. The number of rotatable bonds is 3. The van der Waals surface area contributed by atoms with Crippen LogP contribution in [-0.2, 0) is 10.0 Å². The van der Waals surface area contributed by atoms with E-state index in [-0.39, 0.29) is 17.3 Å². The van der Waals surface area contributed by atoms with Crippen LogP contribution in [0.5, 0.6) is 0 Å². The summed E-state index contributed by atoms with van der Waals surface area (Å²) in [5, 5.41) is 1.24. The number of nitrogens with one attached hydrogen (secondary N) is 1. The van der Waals surface area contributed by atoms with Gasteiger partial charge in [-0.15, -0.1) is 0 Å². The number of piperazine rings is 1. The molecule has 1 N–H and O–H groups in total. The topological polar surface area (TPSA) is 41.8 Å². The van der Waals surface area contributed by atoms with Crippen molar-refractivity contribution < 1.29 is 25.7 Å². The van der Waals surface area contributed by atoms with Gasteiger partial charge in [-0.05, 0) is 30.3 Å². The Morgan fingerprint density at radius 3 is 2.08 bits per heavy atom. The van der Waals surface area contributed by atoms with Crippen molar-refractivity contribution in [3.05, 3.63) is 58.6 Å². The van der Waals surface area contributed by atoms with Gasteiger partial charge in [0.25, 0.3) is 0 Å². The number of nitrogens with zero attached hydrogens (tertiary/aromatic N) is 1. The molecule has 0 atom stereocenters. The summed E-state index contributed by atoms with van der Waals surface area (Å²) >= 11 is 12.1. The lowest BCUT2D eigenvalue weighted by atomic mass is 10.2. The molecule has 1 saturated heterocycles. The van der Waals surface area contributed by atoms with Gasteiger partial charge in [-0.3, -0.25) is 4.90 Å². The SMILES string of the molecule is O=S(=O)(c1ccc(Cl)cc1)N1CC[NH+](c2ccccc2Cl)CC1.[Cl-]. The summed E-state index contributed by atoms with van der Waals surface area (Å²) in [5.74, 6) is 0. The minimum atomic E-state index is -3.47. The Kier molecular flexibility index (Phi) is 6.53. The predicted molar refractivity (Wildman–Crippen MR) is 92.0 cm³/mol. The molecule has 0 bridgehead atoms. The fourth-order valence-corrected chi connectivity index (χ4v) is 4.61. The zero-order valence-corrected chi connectivity index (χ0v) is 15.8. The van der Waals surface area contributed by atoms with Crippen LogP contribution in [0.3, 0.4) is 0 Å². The molecule has 0 aromatic heterocycles. The smallest absolute Gasteiger partial charge is 0.243 e. The highest BCUT2D eigenvalue weighted by Gasteiger charge is 2.31. The maximum absolute atomic E-state index is 12.7. The maximum atomic E-state index is 12.7. The van der Waals surface area contributed by atoms with Gasteiger partial charge in [-0.25, -0.2) is 8.42 Å². The zero-order valence-electron chi connectivity index (χ0n) is 12.8. The fourth-order valence-electron chi connectivity index (χ4n) is 2.77. The number of sulfonamides is 1. The van der Waals surface area contributed by atoms with Crippen molar-refractivity contribution in [2.45, 2.75) is 4.90 Å². The first kappa shape index (κ1) is 19.5. The van der Waals surface area contributed by atoms with Crippen LogP contribution in [-0.4, -0.2) is 38.9 Å². The highest BCUT2D eigenvalue weighted by Crippen LogP contribution is 2.20. The molecule has 8 heteroatoms. The van der Waals surface area contributed by atoms with Crippen molar-refractivity contribution in [2.75, 3.05) is 26.2 Å². The molecule has 1 aliphatic heterocycles. The standard InChI is InChI=1S/C16H16Cl2N2O2S.ClH/c17-13-5-7-14(8-6-13)23(21,22)20-11-9-19(10-12-20)16-4-2-1-3-15(16)18;/h1-8H,9-12H2;1H. The van der Waals surface area contributed by atoms with Gasteiger partial charge in [0.1, 0.15) is 10.7 Å². The van der Waals surface area contributed by atoms with Crippen LogP contribution in [0.25, 0.3) is 0 Å². The van der Waals surface area contributed by atoms with Gasteiger partial charge < -0.3 is 12.4 Å².